The van der Waals surface area contributed by atoms with E-state index < -0.39 is 5.97 Å². The zero-order valence-corrected chi connectivity index (χ0v) is 14.9. The lowest BCUT2D eigenvalue weighted by Gasteiger charge is -2.15. The quantitative estimate of drug-likeness (QED) is 0.503. The van der Waals surface area contributed by atoms with E-state index in [4.69, 9.17) is 4.74 Å². The minimum atomic E-state index is -0.532. The van der Waals surface area contributed by atoms with Crippen molar-refractivity contribution in [3.05, 3.63) is 35.3 Å². The number of fused-ring (bicyclic) bond motifs is 1. The highest BCUT2D eigenvalue weighted by Crippen LogP contribution is 2.22. The monoisotopic (exact) mass is 358 g/mol. The summed E-state index contributed by atoms with van der Waals surface area (Å²) in [6.45, 7) is -0.237. The van der Waals surface area contributed by atoms with Gasteiger partial charge >= 0.3 is 5.97 Å². The average Bonchev–Trinajstić information content (AvgIpc) is 2.86. The van der Waals surface area contributed by atoms with Crippen LogP contribution in [0.4, 0.5) is 0 Å². The molecule has 0 aliphatic heterocycles. The molecule has 0 atom stereocenters. The summed E-state index contributed by atoms with van der Waals surface area (Å²) >= 11 is 1.50. The fourth-order valence-electron chi connectivity index (χ4n) is 2.98. The second kappa shape index (κ2) is 8.76. The summed E-state index contributed by atoms with van der Waals surface area (Å²) in [4.78, 5) is 28.1. The smallest absolute Gasteiger partial charge is 0.331 e. The molecule has 2 aromatic rings. The summed E-state index contributed by atoms with van der Waals surface area (Å²) in [5.74, 6) is -0.760. The van der Waals surface area contributed by atoms with Gasteiger partial charge in [-0.15, -0.1) is 11.3 Å². The van der Waals surface area contributed by atoms with Crippen molar-refractivity contribution < 1.29 is 14.3 Å². The maximum Gasteiger partial charge on any atom is 0.331 e. The fourth-order valence-corrected chi connectivity index (χ4v) is 3.85. The van der Waals surface area contributed by atoms with Crippen LogP contribution in [-0.2, 0) is 14.3 Å². The topological polar surface area (TPSA) is 68.3 Å². The second-order valence-corrected chi connectivity index (χ2v) is 7.28. The van der Waals surface area contributed by atoms with E-state index in [1.165, 1.54) is 30.3 Å². The first kappa shape index (κ1) is 17.6. The van der Waals surface area contributed by atoms with Gasteiger partial charge < -0.3 is 10.1 Å². The van der Waals surface area contributed by atoms with Crippen LogP contribution in [-0.4, -0.2) is 29.5 Å². The van der Waals surface area contributed by atoms with Crippen molar-refractivity contribution in [1.82, 2.24) is 10.3 Å². The SMILES string of the molecule is O=C(COC(=O)/C=C/c1nc2ccccc2s1)NC1CCCCCC1. The lowest BCUT2D eigenvalue weighted by atomic mass is 10.1. The molecule has 1 heterocycles. The Kier molecular flexibility index (Phi) is 6.17. The number of rotatable bonds is 5. The van der Waals surface area contributed by atoms with Gasteiger partial charge in [0.05, 0.1) is 10.2 Å². The highest BCUT2D eigenvalue weighted by Gasteiger charge is 2.15. The van der Waals surface area contributed by atoms with Crippen LogP contribution >= 0.6 is 11.3 Å². The van der Waals surface area contributed by atoms with Gasteiger partial charge in [0.2, 0.25) is 0 Å². The van der Waals surface area contributed by atoms with Crippen molar-refractivity contribution in [2.24, 2.45) is 0 Å². The summed E-state index contributed by atoms with van der Waals surface area (Å²) in [5, 5.41) is 3.69. The second-order valence-electron chi connectivity index (χ2n) is 6.22. The standard InChI is InChI=1S/C19H22N2O3S/c22-17(20-14-7-3-1-2-4-8-14)13-24-19(23)12-11-18-21-15-9-5-6-10-16(15)25-18/h5-6,9-12,14H,1-4,7-8,13H2,(H,20,22)/b12-11+. The lowest BCUT2D eigenvalue weighted by Crippen LogP contribution is -2.37. The molecule has 6 heteroatoms. The molecule has 0 bridgehead atoms. The van der Waals surface area contributed by atoms with E-state index in [-0.39, 0.29) is 18.6 Å². The number of nitrogens with zero attached hydrogens (tertiary/aromatic N) is 1. The van der Waals surface area contributed by atoms with Gasteiger partial charge in [0.25, 0.3) is 5.91 Å². The number of hydrogen-bond acceptors (Lipinski definition) is 5. The van der Waals surface area contributed by atoms with E-state index in [1.54, 1.807) is 6.08 Å². The normalized spacial score (nSPS) is 16.0. The number of amides is 1. The number of carbonyl (C=O) groups is 2. The Morgan fingerprint density at radius 1 is 1.20 bits per heavy atom. The molecule has 5 nitrogen and oxygen atoms in total. The van der Waals surface area contributed by atoms with Crippen LogP contribution in [0.5, 0.6) is 0 Å². The van der Waals surface area contributed by atoms with E-state index in [0.29, 0.717) is 0 Å². The van der Waals surface area contributed by atoms with E-state index >= 15 is 0 Å². The predicted octanol–water partition coefficient (Wildman–Crippen LogP) is 3.69. The highest BCUT2D eigenvalue weighted by atomic mass is 32.1. The number of aromatic nitrogens is 1. The molecule has 0 unspecified atom stereocenters. The molecule has 132 valence electrons. The predicted molar refractivity (Wildman–Crippen MR) is 99.2 cm³/mol. The van der Waals surface area contributed by atoms with Crippen LogP contribution in [0.1, 0.15) is 43.5 Å². The van der Waals surface area contributed by atoms with Gasteiger partial charge in [-0.1, -0.05) is 37.8 Å². The molecule has 1 aromatic heterocycles. The summed E-state index contributed by atoms with van der Waals surface area (Å²) in [6.07, 6.45) is 9.72. The van der Waals surface area contributed by atoms with Gasteiger partial charge in [-0.25, -0.2) is 9.78 Å². The van der Waals surface area contributed by atoms with Crippen LogP contribution in [0.2, 0.25) is 0 Å². The molecule has 0 saturated heterocycles. The average molecular weight is 358 g/mol. The highest BCUT2D eigenvalue weighted by molar-refractivity contribution is 7.19. The molecule has 1 aliphatic carbocycles. The van der Waals surface area contributed by atoms with Crippen molar-refractivity contribution in [3.63, 3.8) is 0 Å². The number of thiazole rings is 1. The molecule has 1 aromatic carbocycles. The van der Waals surface area contributed by atoms with E-state index in [9.17, 15) is 9.59 Å². The molecule has 0 spiro atoms. The minimum absolute atomic E-state index is 0.215. The Bertz CT molecular complexity index is 728. The Morgan fingerprint density at radius 3 is 2.72 bits per heavy atom. The van der Waals surface area contributed by atoms with Crippen LogP contribution in [0.3, 0.4) is 0 Å². The molecule has 1 amide bonds. The summed E-state index contributed by atoms with van der Waals surface area (Å²) in [5.41, 5.74) is 0.906. The Balaban J connectivity index is 1.44. The van der Waals surface area contributed by atoms with Crippen molar-refractivity contribution in [2.45, 2.75) is 44.6 Å². The molecule has 1 N–H and O–H groups in total. The van der Waals surface area contributed by atoms with Crippen LogP contribution < -0.4 is 5.32 Å². The first-order valence-electron chi connectivity index (χ1n) is 8.70. The molecule has 0 radical (unpaired) electrons. The summed E-state index contributed by atoms with van der Waals surface area (Å²) in [7, 11) is 0. The molecule has 3 rings (SSSR count). The first-order chi connectivity index (χ1) is 12.2. The van der Waals surface area contributed by atoms with Crippen LogP contribution in [0.15, 0.2) is 30.3 Å². The van der Waals surface area contributed by atoms with Gasteiger partial charge in [-0.3, -0.25) is 4.79 Å². The lowest BCUT2D eigenvalue weighted by molar-refractivity contribution is -0.144. The van der Waals surface area contributed by atoms with Gasteiger partial charge in [0, 0.05) is 12.1 Å². The Labute approximate surface area is 151 Å². The molecular formula is C19H22N2O3S. The molecule has 1 saturated carbocycles. The van der Waals surface area contributed by atoms with Crippen molar-refractivity contribution in [1.29, 1.82) is 0 Å². The number of nitrogens with one attached hydrogen (secondary N) is 1. The van der Waals surface area contributed by atoms with Crippen molar-refractivity contribution in [2.75, 3.05) is 6.61 Å². The third kappa shape index (κ3) is 5.39. The van der Waals surface area contributed by atoms with Gasteiger partial charge in [0.1, 0.15) is 5.01 Å². The summed E-state index contributed by atoms with van der Waals surface area (Å²) in [6, 6.07) is 8.01. The van der Waals surface area contributed by atoms with Crippen molar-refractivity contribution >= 4 is 39.5 Å². The summed E-state index contributed by atoms with van der Waals surface area (Å²) < 4.78 is 6.08. The number of para-hydroxylation sites is 1. The zero-order chi connectivity index (χ0) is 17.5. The molecule has 25 heavy (non-hydrogen) atoms. The van der Waals surface area contributed by atoms with E-state index in [0.717, 1.165) is 40.9 Å². The molecule has 1 aliphatic rings. The van der Waals surface area contributed by atoms with Crippen LogP contribution in [0.25, 0.3) is 16.3 Å². The Hall–Kier alpha value is -2.21. The maximum atomic E-state index is 11.9. The van der Waals surface area contributed by atoms with E-state index in [2.05, 4.69) is 10.3 Å². The van der Waals surface area contributed by atoms with Crippen LogP contribution in [0, 0.1) is 0 Å². The zero-order valence-electron chi connectivity index (χ0n) is 14.1. The number of hydrogen-bond donors (Lipinski definition) is 1. The first-order valence-corrected chi connectivity index (χ1v) is 9.52. The fraction of sp³-hybridized carbons (Fsp3) is 0.421. The number of ether oxygens (including phenoxy) is 1. The Morgan fingerprint density at radius 2 is 1.96 bits per heavy atom. The van der Waals surface area contributed by atoms with E-state index in [1.807, 2.05) is 24.3 Å². The van der Waals surface area contributed by atoms with Gasteiger partial charge in [-0.05, 0) is 31.1 Å². The number of esters is 1. The number of carbonyl (C=O) groups excluding carboxylic acids is 2. The number of benzene rings is 1. The molecular weight excluding hydrogens is 336 g/mol. The van der Waals surface area contributed by atoms with Crippen molar-refractivity contribution in [3.8, 4) is 0 Å². The largest absolute Gasteiger partial charge is 0.452 e. The van der Waals surface area contributed by atoms with Gasteiger partial charge in [-0.2, -0.15) is 0 Å². The third-order valence-corrected chi connectivity index (χ3v) is 5.24. The molecule has 1 fully saturated rings. The minimum Gasteiger partial charge on any atom is -0.452 e. The third-order valence-electron chi connectivity index (χ3n) is 4.24. The maximum absolute atomic E-state index is 11.9. The van der Waals surface area contributed by atoms with Gasteiger partial charge in [0.15, 0.2) is 6.61 Å².